The van der Waals surface area contributed by atoms with Gasteiger partial charge in [-0.05, 0) is 59.7 Å². The van der Waals surface area contributed by atoms with Crippen LogP contribution in [0.2, 0.25) is 0 Å². The molecule has 4 aromatic rings. The number of hydrogen-bond donors (Lipinski definition) is 0. The van der Waals surface area contributed by atoms with Crippen LogP contribution in [-0.2, 0) is 0 Å². The zero-order valence-electron chi connectivity index (χ0n) is 11.2. The lowest BCUT2D eigenvalue weighted by atomic mass is 10.0. The first kappa shape index (κ1) is 14.5. The van der Waals surface area contributed by atoms with E-state index in [1.807, 2.05) is 24.3 Å². The lowest BCUT2D eigenvalue weighted by Gasteiger charge is -2.04. The largest absolute Gasteiger partial charge is 0.456 e. The molecule has 108 valence electrons. The minimum atomic E-state index is 0.908. The molecule has 0 saturated heterocycles. The number of benzene rings is 3. The smallest absolute Gasteiger partial charge is 0.135 e. The molecular weight excluding hydrogens is 472 g/mol. The quantitative estimate of drug-likeness (QED) is 0.274. The van der Waals surface area contributed by atoms with Gasteiger partial charge in [0.25, 0.3) is 0 Å². The number of furan rings is 1. The van der Waals surface area contributed by atoms with Crippen molar-refractivity contribution in [2.75, 3.05) is 0 Å². The molecule has 0 fully saturated rings. The predicted octanol–water partition coefficient (Wildman–Crippen LogP) is 7.54. The first-order valence-electron chi connectivity index (χ1n) is 6.68. The van der Waals surface area contributed by atoms with E-state index in [4.69, 9.17) is 4.42 Å². The summed E-state index contributed by atoms with van der Waals surface area (Å²) in [7, 11) is 0. The second-order valence-electron chi connectivity index (χ2n) is 5.11. The Morgan fingerprint density at radius 2 is 1.18 bits per heavy atom. The molecule has 0 atom stereocenters. The third-order valence-electron chi connectivity index (χ3n) is 3.63. The molecule has 0 aliphatic carbocycles. The summed E-state index contributed by atoms with van der Waals surface area (Å²) in [4.78, 5) is 0. The molecule has 4 rings (SSSR count). The molecule has 0 saturated carbocycles. The summed E-state index contributed by atoms with van der Waals surface area (Å²) in [5.41, 5.74) is 4.14. The molecule has 4 heteroatoms. The second-order valence-corrected chi connectivity index (χ2v) is 7.86. The predicted molar refractivity (Wildman–Crippen MR) is 102 cm³/mol. The van der Waals surface area contributed by atoms with Crippen LogP contribution in [0.5, 0.6) is 0 Å². The zero-order chi connectivity index (χ0) is 15.3. The molecule has 1 aromatic heterocycles. The van der Waals surface area contributed by atoms with Gasteiger partial charge in [-0.3, -0.25) is 0 Å². The summed E-state index contributed by atoms with van der Waals surface area (Å²) in [5.74, 6) is 0. The van der Waals surface area contributed by atoms with Crippen molar-refractivity contribution >= 4 is 69.7 Å². The van der Waals surface area contributed by atoms with Crippen LogP contribution >= 0.6 is 47.8 Å². The third-order valence-corrected chi connectivity index (χ3v) is 5.04. The summed E-state index contributed by atoms with van der Waals surface area (Å²) in [6.07, 6.45) is 0. The fraction of sp³-hybridized carbons (Fsp3) is 0. The highest BCUT2D eigenvalue weighted by molar-refractivity contribution is 9.11. The minimum Gasteiger partial charge on any atom is -0.456 e. The monoisotopic (exact) mass is 478 g/mol. The van der Waals surface area contributed by atoms with E-state index in [9.17, 15) is 0 Å². The average Bonchev–Trinajstić information content (AvgIpc) is 2.83. The lowest BCUT2D eigenvalue weighted by molar-refractivity contribution is 0.669. The zero-order valence-corrected chi connectivity index (χ0v) is 16.0. The van der Waals surface area contributed by atoms with Crippen molar-refractivity contribution in [3.63, 3.8) is 0 Å². The van der Waals surface area contributed by atoms with Crippen LogP contribution in [0.4, 0.5) is 0 Å². The number of fused-ring (bicyclic) bond motifs is 3. The van der Waals surface area contributed by atoms with Crippen molar-refractivity contribution < 1.29 is 4.42 Å². The van der Waals surface area contributed by atoms with Crippen LogP contribution in [0.15, 0.2) is 72.4 Å². The van der Waals surface area contributed by atoms with Crippen LogP contribution in [0.25, 0.3) is 33.1 Å². The molecule has 0 radical (unpaired) electrons. The van der Waals surface area contributed by atoms with Crippen LogP contribution in [0.3, 0.4) is 0 Å². The lowest BCUT2D eigenvalue weighted by Crippen LogP contribution is -1.79. The van der Waals surface area contributed by atoms with E-state index in [-0.39, 0.29) is 0 Å². The molecule has 22 heavy (non-hydrogen) atoms. The molecule has 3 aromatic carbocycles. The molecule has 0 spiro atoms. The van der Waals surface area contributed by atoms with Crippen molar-refractivity contribution in [2.24, 2.45) is 0 Å². The Labute approximate surface area is 152 Å². The molecule has 1 nitrogen and oxygen atoms in total. The summed E-state index contributed by atoms with van der Waals surface area (Å²) >= 11 is 10.6. The Balaban J connectivity index is 1.99. The van der Waals surface area contributed by atoms with Crippen LogP contribution in [-0.4, -0.2) is 0 Å². The first-order valence-corrected chi connectivity index (χ1v) is 9.06. The van der Waals surface area contributed by atoms with E-state index in [1.165, 1.54) is 0 Å². The molecule has 0 unspecified atom stereocenters. The SMILES string of the molecule is Brc1cc(Br)cc(-c2ccc3oc4ccc(Br)cc4c3c2)c1. The Bertz CT molecular complexity index is 997. The highest BCUT2D eigenvalue weighted by Gasteiger charge is 2.09. The van der Waals surface area contributed by atoms with E-state index >= 15 is 0 Å². The molecule has 0 aliphatic rings. The van der Waals surface area contributed by atoms with Crippen LogP contribution in [0, 0.1) is 0 Å². The third kappa shape index (κ3) is 2.53. The highest BCUT2D eigenvalue weighted by atomic mass is 79.9. The molecule has 0 bridgehead atoms. The normalized spacial score (nSPS) is 11.4. The summed E-state index contributed by atoms with van der Waals surface area (Å²) in [5, 5.41) is 2.25. The van der Waals surface area contributed by atoms with E-state index in [2.05, 4.69) is 78.1 Å². The van der Waals surface area contributed by atoms with Gasteiger partial charge in [-0.1, -0.05) is 53.9 Å². The van der Waals surface area contributed by atoms with Crippen molar-refractivity contribution in [3.8, 4) is 11.1 Å². The van der Waals surface area contributed by atoms with E-state index in [0.717, 1.165) is 46.5 Å². The van der Waals surface area contributed by atoms with Crippen molar-refractivity contribution in [3.05, 3.63) is 68.0 Å². The molecule has 0 amide bonds. The minimum absolute atomic E-state index is 0.908. The summed E-state index contributed by atoms with van der Waals surface area (Å²) < 4.78 is 9.07. The molecular formula is C18H9Br3O. The van der Waals surface area contributed by atoms with Crippen molar-refractivity contribution in [1.29, 1.82) is 0 Å². The Hall–Kier alpha value is -1.10. The van der Waals surface area contributed by atoms with Crippen LogP contribution < -0.4 is 0 Å². The number of hydrogen-bond acceptors (Lipinski definition) is 1. The summed E-state index contributed by atoms with van der Waals surface area (Å²) in [6.45, 7) is 0. The van der Waals surface area contributed by atoms with Gasteiger partial charge in [-0.25, -0.2) is 0 Å². The van der Waals surface area contributed by atoms with Gasteiger partial charge in [0.2, 0.25) is 0 Å². The maximum atomic E-state index is 5.91. The topological polar surface area (TPSA) is 13.1 Å². The van der Waals surface area contributed by atoms with Gasteiger partial charge in [-0.2, -0.15) is 0 Å². The molecule has 1 heterocycles. The molecule has 0 N–H and O–H groups in total. The van der Waals surface area contributed by atoms with E-state index < -0.39 is 0 Å². The van der Waals surface area contributed by atoms with Gasteiger partial charge in [0.15, 0.2) is 0 Å². The number of halogens is 3. The Morgan fingerprint density at radius 1 is 0.545 bits per heavy atom. The Morgan fingerprint density at radius 3 is 1.91 bits per heavy atom. The van der Waals surface area contributed by atoms with E-state index in [1.54, 1.807) is 0 Å². The maximum absolute atomic E-state index is 5.91. The van der Waals surface area contributed by atoms with Gasteiger partial charge < -0.3 is 4.42 Å². The molecule has 0 aliphatic heterocycles. The highest BCUT2D eigenvalue weighted by Crippen LogP contribution is 2.35. The van der Waals surface area contributed by atoms with Gasteiger partial charge in [-0.15, -0.1) is 0 Å². The van der Waals surface area contributed by atoms with Crippen molar-refractivity contribution in [1.82, 2.24) is 0 Å². The summed E-state index contributed by atoms with van der Waals surface area (Å²) in [6, 6.07) is 18.7. The van der Waals surface area contributed by atoms with Gasteiger partial charge in [0.05, 0.1) is 0 Å². The van der Waals surface area contributed by atoms with E-state index in [0.29, 0.717) is 0 Å². The van der Waals surface area contributed by atoms with Gasteiger partial charge in [0, 0.05) is 24.2 Å². The number of rotatable bonds is 1. The Kier molecular flexibility index (Phi) is 3.63. The standard InChI is InChI=1S/C18H9Br3O/c19-12-2-4-18-16(9-12)15-7-10(1-3-17(15)22-18)11-5-13(20)8-14(21)6-11/h1-9H. The van der Waals surface area contributed by atoms with Crippen molar-refractivity contribution in [2.45, 2.75) is 0 Å². The first-order chi connectivity index (χ1) is 10.6. The average molecular weight is 481 g/mol. The second kappa shape index (κ2) is 5.52. The fourth-order valence-corrected chi connectivity index (χ4v) is 4.30. The van der Waals surface area contributed by atoms with Gasteiger partial charge in [0.1, 0.15) is 11.2 Å². The fourth-order valence-electron chi connectivity index (χ4n) is 2.65. The van der Waals surface area contributed by atoms with Crippen LogP contribution in [0.1, 0.15) is 0 Å². The maximum Gasteiger partial charge on any atom is 0.135 e. The van der Waals surface area contributed by atoms with Gasteiger partial charge >= 0.3 is 0 Å².